The van der Waals surface area contributed by atoms with Crippen LogP contribution < -0.4 is 4.90 Å². The van der Waals surface area contributed by atoms with Crippen LogP contribution in [0.3, 0.4) is 0 Å². The zero-order valence-corrected chi connectivity index (χ0v) is 16.9. The first-order valence-electron chi connectivity index (χ1n) is 11.4. The van der Waals surface area contributed by atoms with Crippen LogP contribution in [0.5, 0.6) is 0 Å². The molecule has 5 rings (SSSR count). The molecule has 2 heteroatoms. The van der Waals surface area contributed by atoms with Crippen molar-refractivity contribution in [1.29, 1.82) is 0 Å². The number of benzene rings is 1. The van der Waals surface area contributed by atoms with E-state index in [1.807, 2.05) is 0 Å². The second-order valence-corrected chi connectivity index (χ2v) is 8.73. The fraction of sp³-hybridized carbons (Fsp3) is 0.462. The van der Waals surface area contributed by atoms with Gasteiger partial charge in [0.05, 0.1) is 16.9 Å². The molecule has 0 saturated heterocycles. The molecule has 0 amide bonds. The Kier molecular flexibility index (Phi) is 5.12. The lowest BCUT2D eigenvalue weighted by Crippen LogP contribution is -2.45. The van der Waals surface area contributed by atoms with E-state index in [2.05, 4.69) is 70.1 Å². The number of anilines is 1. The Hall–Kier alpha value is -2.22. The average molecular weight is 373 g/mol. The molecule has 2 heterocycles. The number of aromatic nitrogens is 1. The Labute approximate surface area is 169 Å². The van der Waals surface area contributed by atoms with Crippen LogP contribution in [-0.4, -0.2) is 16.5 Å². The maximum Gasteiger partial charge on any atom is 0.0690 e. The predicted molar refractivity (Wildman–Crippen MR) is 119 cm³/mol. The molecule has 2 saturated carbocycles. The van der Waals surface area contributed by atoms with Gasteiger partial charge in [-0.15, -0.1) is 0 Å². The van der Waals surface area contributed by atoms with Crippen LogP contribution >= 0.6 is 0 Å². The van der Waals surface area contributed by atoms with Gasteiger partial charge in [-0.1, -0.05) is 74.9 Å². The fourth-order valence-electron chi connectivity index (χ4n) is 5.58. The smallest absolute Gasteiger partial charge is 0.0690 e. The van der Waals surface area contributed by atoms with Crippen molar-refractivity contribution in [3.05, 3.63) is 60.8 Å². The lowest BCUT2D eigenvalue weighted by molar-refractivity contribution is 0.340. The number of rotatable bonds is 4. The van der Waals surface area contributed by atoms with Gasteiger partial charge in [-0.25, -0.2) is 0 Å². The molecule has 2 aliphatic rings. The molecule has 0 aliphatic heterocycles. The summed E-state index contributed by atoms with van der Waals surface area (Å²) in [4.78, 5) is 2.88. The summed E-state index contributed by atoms with van der Waals surface area (Å²) in [6, 6.07) is 21.5. The Morgan fingerprint density at radius 1 is 0.679 bits per heavy atom. The number of pyridine rings is 1. The molecule has 2 fully saturated rings. The minimum absolute atomic E-state index is 0.715. The van der Waals surface area contributed by atoms with Crippen LogP contribution in [0.25, 0.3) is 16.8 Å². The highest BCUT2D eigenvalue weighted by atomic mass is 15.2. The first kappa shape index (κ1) is 17.8. The highest BCUT2D eigenvalue weighted by Gasteiger charge is 2.31. The standard InChI is InChI=1S/C26H32N2/c1-4-12-21(13-5-1)25-20-26(24-18-10-11-19-27(24)25)28(22-14-6-2-7-15-22)23-16-8-3-9-17-23/h1,4-5,10-13,18-20,22-23H,2-3,6-9,14-17H2. The van der Waals surface area contributed by atoms with Crippen LogP contribution in [0.2, 0.25) is 0 Å². The predicted octanol–water partition coefficient (Wildman–Crippen LogP) is 7.08. The normalized spacial score (nSPS) is 19.1. The van der Waals surface area contributed by atoms with Gasteiger partial charge in [0.15, 0.2) is 0 Å². The highest BCUT2D eigenvalue weighted by molar-refractivity contribution is 5.83. The molecule has 0 N–H and O–H groups in total. The summed E-state index contributed by atoms with van der Waals surface area (Å²) in [5.41, 5.74) is 5.47. The van der Waals surface area contributed by atoms with E-state index in [0.717, 1.165) is 0 Å². The minimum Gasteiger partial charge on any atom is -0.364 e. The van der Waals surface area contributed by atoms with Crippen molar-refractivity contribution in [3.8, 4) is 11.3 Å². The third-order valence-electron chi connectivity index (χ3n) is 6.94. The van der Waals surface area contributed by atoms with Gasteiger partial charge < -0.3 is 9.30 Å². The van der Waals surface area contributed by atoms with Gasteiger partial charge >= 0.3 is 0 Å². The monoisotopic (exact) mass is 372 g/mol. The lowest BCUT2D eigenvalue weighted by atomic mass is 9.88. The van der Waals surface area contributed by atoms with Crippen LogP contribution in [0.1, 0.15) is 64.2 Å². The molecule has 1 aromatic carbocycles. The SMILES string of the molecule is c1ccc(-c2cc(N(C3CCCCC3)C3CCCCC3)c3ccccn23)cc1. The molecular formula is C26H32N2. The lowest BCUT2D eigenvalue weighted by Gasteiger charge is -2.43. The van der Waals surface area contributed by atoms with E-state index >= 15 is 0 Å². The van der Waals surface area contributed by atoms with E-state index in [1.54, 1.807) is 0 Å². The van der Waals surface area contributed by atoms with Gasteiger partial charge in [0.1, 0.15) is 0 Å². The molecule has 28 heavy (non-hydrogen) atoms. The maximum atomic E-state index is 2.88. The van der Waals surface area contributed by atoms with Crippen molar-refractivity contribution in [3.63, 3.8) is 0 Å². The molecule has 2 aromatic heterocycles. The summed E-state index contributed by atoms with van der Waals surface area (Å²) in [5, 5.41) is 0. The summed E-state index contributed by atoms with van der Waals surface area (Å²) >= 11 is 0. The van der Waals surface area contributed by atoms with E-state index in [9.17, 15) is 0 Å². The van der Waals surface area contributed by atoms with Gasteiger partial charge in [0, 0.05) is 18.3 Å². The molecule has 2 nitrogen and oxygen atoms in total. The molecule has 0 unspecified atom stereocenters. The second-order valence-electron chi connectivity index (χ2n) is 8.73. The third-order valence-corrected chi connectivity index (χ3v) is 6.94. The molecule has 2 aliphatic carbocycles. The minimum atomic E-state index is 0.715. The van der Waals surface area contributed by atoms with Crippen molar-refractivity contribution in [2.24, 2.45) is 0 Å². The van der Waals surface area contributed by atoms with Gasteiger partial charge in [-0.05, 0) is 49.4 Å². The summed E-state index contributed by atoms with van der Waals surface area (Å²) in [6.07, 6.45) is 16.1. The number of nitrogens with zero attached hydrogens (tertiary/aromatic N) is 2. The van der Waals surface area contributed by atoms with Crippen molar-refractivity contribution in [1.82, 2.24) is 4.40 Å². The Morgan fingerprint density at radius 3 is 1.93 bits per heavy atom. The van der Waals surface area contributed by atoms with Crippen LogP contribution in [0, 0.1) is 0 Å². The summed E-state index contributed by atoms with van der Waals surface area (Å²) in [6.45, 7) is 0. The molecule has 0 radical (unpaired) electrons. The second kappa shape index (κ2) is 8.03. The largest absolute Gasteiger partial charge is 0.364 e. The van der Waals surface area contributed by atoms with Crippen LogP contribution in [0.15, 0.2) is 60.8 Å². The number of hydrogen-bond acceptors (Lipinski definition) is 1. The van der Waals surface area contributed by atoms with E-state index < -0.39 is 0 Å². The van der Waals surface area contributed by atoms with Crippen molar-refractivity contribution in [2.75, 3.05) is 4.90 Å². The van der Waals surface area contributed by atoms with Crippen molar-refractivity contribution in [2.45, 2.75) is 76.3 Å². The molecule has 146 valence electrons. The van der Waals surface area contributed by atoms with Gasteiger partial charge in [0.25, 0.3) is 0 Å². The third kappa shape index (κ3) is 3.34. The van der Waals surface area contributed by atoms with Crippen LogP contribution in [-0.2, 0) is 0 Å². The molecule has 0 atom stereocenters. The van der Waals surface area contributed by atoms with Gasteiger partial charge in [0.2, 0.25) is 0 Å². The topological polar surface area (TPSA) is 7.65 Å². The molecular weight excluding hydrogens is 340 g/mol. The van der Waals surface area contributed by atoms with Gasteiger partial charge in [-0.3, -0.25) is 0 Å². The number of hydrogen-bond donors (Lipinski definition) is 0. The first-order valence-corrected chi connectivity index (χ1v) is 11.4. The quantitative estimate of drug-likeness (QED) is 0.475. The molecule has 3 aromatic rings. The maximum absolute atomic E-state index is 2.88. The first-order chi connectivity index (χ1) is 13.9. The number of fused-ring (bicyclic) bond motifs is 1. The molecule has 0 spiro atoms. The average Bonchev–Trinajstić information content (AvgIpc) is 3.16. The Bertz CT molecular complexity index is 881. The zero-order valence-electron chi connectivity index (χ0n) is 16.9. The zero-order chi connectivity index (χ0) is 18.8. The van der Waals surface area contributed by atoms with E-state index in [4.69, 9.17) is 0 Å². The van der Waals surface area contributed by atoms with E-state index in [-0.39, 0.29) is 0 Å². The van der Waals surface area contributed by atoms with Crippen molar-refractivity contribution >= 4 is 11.2 Å². The van der Waals surface area contributed by atoms with E-state index in [0.29, 0.717) is 12.1 Å². The summed E-state index contributed by atoms with van der Waals surface area (Å²) in [7, 11) is 0. The Balaban J connectivity index is 1.63. The molecule has 0 bridgehead atoms. The Morgan fingerprint density at radius 2 is 1.29 bits per heavy atom. The summed E-state index contributed by atoms with van der Waals surface area (Å²) in [5.74, 6) is 0. The summed E-state index contributed by atoms with van der Waals surface area (Å²) < 4.78 is 2.41. The fourth-order valence-corrected chi connectivity index (χ4v) is 5.58. The van der Waals surface area contributed by atoms with Gasteiger partial charge in [-0.2, -0.15) is 0 Å². The van der Waals surface area contributed by atoms with E-state index in [1.165, 1.54) is 86.7 Å². The highest BCUT2D eigenvalue weighted by Crippen LogP contribution is 2.39. The van der Waals surface area contributed by atoms with Crippen LogP contribution in [0.4, 0.5) is 5.69 Å². The van der Waals surface area contributed by atoms with Crippen molar-refractivity contribution < 1.29 is 0 Å².